The van der Waals surface area contributed by atoms with Gasteiger partial charge in [0.15, 0.2) is 0 Å². The number of dihydropyridines is 1. The molecule has 1 aromatic rings. The lowest BCUT2D eigenvalue weighted by Crippen LogP contribution is -2.32. The summed E-state index contributed by atoms with van der Waals surface area (Å²) in [6.45, 7) is 10.9. The van der Waals surface area contributed by atoms with E-state index in [0.29, 0.717) is 22.5 Å². The van der Waals surface area contributed by atoms with E-state index in [1.54, 1.807) is 13.8 Å². The largest absolute Gasteiger partial charge is 0.458 e. The van der Waals surface area contributed by atoms with Crippen LogP contribution in [0, 0.1) is 0 Å². The number of benzene rings is 1. The fraction of sp³-hybridized carbons (Fsp3) is 0.238. The Labute approximate surface area is 167 Å². The van der Waals surface area contributed by atoms with E-state index in [1.165, 1.54) is 12.2 Å². The fourth-order valence-electron chi connectivity index (χ4n) is 2.95. The number of esters is 2. The zero-order chi connectivity index (χ0) is 20.0. The van der Waals surface area contributed by atoms with Crippen LogP contribution in [0.2, 0.25) is 0 Å². The Hall–Kier alpha value is -2.60. The molecular weight excluding hydrogens is 410 g/mol. The van der Waals surface area contributed by atoms with Gasteiger partial charge in [-0.15, -0.1) is 0 Å². The predicted octanol–water partition coefficient (Wildman–Crippen LogP) is 4.14. The number of halogens is 1. The fourth-order valence-corrected chi connectivity index (χ4v) is 3.21. The van der Waals surface area contributed by atoms with Gasteiger partial charge in [0.05, 0.1) is 17.1 Å². The van der Waals surface area contributed by atoms with Gasteiger partial charge in [0.1, 0.15) is 13.2 Å². The average molecular weight is 432 g/mol. The summed E-state index contributed by atoms with van der Waals surface area (Å²) in [5, 5.41) is 3.10. The van der Waals surface area contributed by atoms with Crippen molar-refractivity contribution in [3.05, 3.63) is 82.2 Å². The highest BCUT2D eigenvalue weighted by atomic mass is 79.9. The molecule has 0 unspecified atom stereocenters. The van der Waals surface area contributed by atoms with Crippen LogP contribution in [0.4, 0.5) is 0 Å². The Bertz CT molecular complexity index is 775. The second-order valence-electron chi connectivity index (χ2n) is 5.96. The van der Waals surface area contributed by atoms with Gasteiger partial charge in [-0.05, 0) is 31.5 Å². The van der Waals surface area contributed by atoms with Gasteiger partial charge in [0, 0.05) is 15.9 Å². The molecule has 27 heavy (non-hydrogen) atoms. The first kappa shape index (κ1) is 20.7. The Morgan fingerprint density at radius 3 is 1.85 bits per heavy atom. The molecule has 1 aliphatic heterocycles. The van der Waals surface area contributed by atoms with Crippen LogP contribution in [0.15, 0.2) is 76.6 Å². The number of carbonyl (C=O) groups is 2. The monoisotopic (exact) mass is 431 g/mol. The highest BCUT2D eigenvalue weighted by Gasteiger charge is 2.37. The normalized spacial score (nSPS) is 14.5. The smallest absolute Gasteiger partial charge is 0.337 e. The van der Waals surface area contributed by atoms with Gasteiger partial charge in [-0.2, -0.15) is 0 Å². The molecule has 0 atom stereocenters. The van der Waals surface area contributed by atoms with E-state index in [9.17, 15) is 9.59 Å². The lowest BCUT2D eigenvalue weighted by molar-refractivity contribution is -0.138. The molecule has 0 aromatic heterocycles. The number of ether oxygens (including phenoxy) is 2. The van der Waals surface area contributed by atoms with Gasteiger partial charge in [-0.3, -0.25) is 0 Å². The van der Waals surface area contributed by atoms with Crippen molar-refractivity contribution in [3.8, 4) is 0 Å². The van der Waals surface area contributed by atoms with Crippen LogP contribution in [-0.2, 0) is 19.1 Å². The van der Waals surface area contributed by atoms with Crippen molar-refractivity contribution in [1.82, 2.24) is 5.32 Å². The van der Waals surface area contributed by atoms with Crippen LogP contribution < -0.4 is 5.32 Å². The molecule has 6 heteroatoms. The van der Waals surface area contributed by atoms with Gasteiger partial charge in [-0.25, -0.2) is 9.59 Å². The molecule has 0 fully saturated rings. The molecule has 2 rings (SSSR count). The van der Waals surface area contributed by atoms with Crippen LogP contribution in [-0.4, -0.2) is 25.2 Å². The summed E-state index contributed by atoms with van der Waals surface area (Å²) in [5.74, 6) is -1.61. The van der Waals surface area contributed by atoms with Crippen molar-refractivity contribution in [3.63, 3.8) is 0 Å². The number of hydrogen-bond donors (Lipinski definition) is 1. The van der Waals surface area contributed by atoms with E-state index in [0.717, 1.165) is 10.0 Å². The minimum Gasteiger partial charge on any atom is -0.458 e. The lowest BCUT2D eigenvalue weighted by atomic mass is 9.80. The first-order valence-corrected chi connectivity index (χ1v) is 9.20. The van der Waals surface area contributed by atoms with Crippen LogP contribution in [0.3, 0.4) is 0 Å². The Kier molecular flexibility index (Phi) is 7.19. The van der Waals surface area contributed by atoms with Gasteiger partial charge in [0.2, 0.25) is 0 Å². The topological polar surface area (TPSA) is 64.6 Å². The molecule has 0 aliphatic carbocycles. The van der Waals surface area contributed by atoms with Crippen LogP contribution in [0.1, 0.15) is 25.3 Å². The average Bonchev–Trinajstić information content (AvgIpc) is 2.64. The Morgan fingerprint density at radius 1 is 1.00 bits per heavy atom. The van der Waals surface area contributed by atoms with E-state index in [4.69, 9.17) is 9.47 Å². The summed E-state index contributed by atoms with van der Waals surface area (Å²) < 4.78 is 11.4. The minimum atomic E-state index is -0.603. The minimum absolute atomic E-state index is 0.0849. The van der Waals surface area contributed by atoms with Crippen LogP contribution >= 0.6 is 15.9 Å². The van der Waals surface area contributed by atoms with Crippen LogP contribution in [0.5, 0.6) is 0 Å². The SMILES string of the molecule is C=CCOC(=O)C1=C(C)NC(C)=C(C(=O)OCC=C)C1c1ccc(Br)cc1. The third kappa shape index (κ3) is 4.77. The van der Waals surface area contributed by atoms with Gasteiger partial charge in [0.25, 0.3) is 0 Å². The van der Waals surface area contributed by atoms with Crippen LogP contribution in [0.25, 0.3) is 0 Å². The zero-order valence-electron chi connectivity index (χ0n) is 15.4. The molecule has 0 bridgehead atoms. The molecule has 0 amide bonds. The van der Waals surface area contributed by atoms with Crippen molar-refractivity contribution in [2.75, 3.05) is 13.2 Å². The quantitative estimate of drug-likeness (QED) is 0.518. The van der Waals surface area contributed by atoms with Crippen molar-refractivity contribution in [2.24, 2.45) is 0 Å². The molecular formula is C21H22BrNO4. The number of allylic oxidation sites excluding steroid dienone is 2. The maximum absolute atomic E-state index is 12.7. The van der Waals surface area contributed by atoms with E-state index in [2.05, 4.69) is 34.4 Å². The highest BCUT2D eigenvalue weighted by Crippen LogP contribution is 2.39. The molecule has 142 valence electrons. The lowest BCUT2D eigenvalue weighted by Gasteiger charge is -2.30. The van der Waals surface area contributed by atoms with E-state index < -0.39 is 17.9 Å². The first-order chi connectivity index (χ1) is 12.9. The van der Waals surface area contributed by atoms with Gasteiger partial charge in [-0.1, -0.05) is 53.4 Å². The number of carbonyl (C=O) groups excluding carboxylic acids is 2. The Morgan fingerprint density at radius 2 is 1.44 bits per heavy atom. The van der Waals surface area contributed by atoms with Gasteiger partial charge >= 0.3 is 11.9 Å². The molecule has 0 radical (unpaired) electrons. The molecule has 0 saturated heterocycles. The third-order valence-electron chi connectivity index (χ3n) is 4.07. The van der Waals surface area contributed by atoms with Crippen molar-refractivity contribution in [1.29, 1.82) is 0 Å². The predicted molar refractivity (Wildman–Crippen MR) is 108 cm³/mol. The van der Waals surface area contributed by atoms with E-state index >= 15 is 0 Å². The maximum atomic E-state index is 12.7. The molecule has 5 nitrogen and oxygen atoms in total. The molecule has 1 aromatic carbocycles. The van der Waals surface area contributed by atoms with E-state index in [-0.39, 0.29) is 13.2 Å². The first-order valence-electron chi connectivity index (χ1n) is 8.40. The van der Waals surface area contributed by atoms with Crippen molar-refractivity contribution < 1.29 is 19.1 Å². The summed E-state index contributed by atoms with van der Waals surface area (Å²) >= 11 is 3.41. The molecule has 1 N–H and O–H groups in total. The van der Waals surface area contributed by atoms with Crippen molar-refractivity contribution >= 4 is 27.9 Å². The summed E-state index contributed by atoms with van der Waals surface area (Å²) in [7, 11) is 0. The number of hydrogen-bond acceptors (Lipinski definition) is 5. The second-order valence-corrected chi connectivity index (χ2v) is 6.88. The molecule has 0 saturated carbocycles. The maximum Gasteiger partial charge on any atom is 0.337 e. The number of nitrogens with one attached hydrogen (secondary N) is 1. The zero-order valence-corrected chi connectivity index (χ0v) is 17.0. The molecule has 1 heterocycles. The highest BCUT2D eigenvalue weighted by molar-refractivity contribution is 9.10. The Balaban J connectivity index is 2.56. The molecule has 0 spiro atoms. The number of rotatable bonds is 7. The summed E-state index contributed by atoms with van der Waals surface area (Å²) in [4.78, 5) is 25.5. The summed E-state index contributed by atoms with van der Waals surface area (Å²) in [5.41, 5.74) is 2.80. The van der Waals surface area contributed by atoms with Crippen molar-refractivity contribution in [2.45, 2.75) is 19.8 Å². The second kappa shape index (κ2) is 9.37. The summed E-state index contributed by atoms with van der Waals surface area (Å²) in [6.07, 6.45) is 3.00. The standard InChI is InChI=1S/C21H22BrNO4/c1-5-11-26-20(24)17-13(3)23-14(4)18(21(25)27-12-6-2)19(17)15-7-9-16(22)10-8-15/h5-10,19,23H,1-2,11-12H2,3-4H3. The third-order valence-corrected chi connectivity index (χ3v) is 4.60. The molecule has 1 aliphatic rings. The van der Waals surface area contributed by atoms with E-state index in [1.807, 2.05) is 24.3 Å². The summed E-state index contributed by atoms with van der Waals surface area (Å²) in [6, 6.07) is 7.45. The van der Waals surface area contributed by atoms with Gasteiger partial charge < -0.3 is 14.8 Å².